The molecule has 0 aliphatic rings. The number of hydrogen-bond donors (Lipinski definition) is 1. The molecule has 0 aliphatic carbocycles. The van der Waals surface area contributed by atoms with Crippen LogP contribution in [-0.4, -0.2) is 0 Å². The zero-order valence-corrected chi connectivity index (χ0v) is 3.39. The molecule has 0 saturated carbocycles. The number of hydrogen-bond acceptors (Lipinski definition) is 3. The Balaban J connectivity index is 3.37. The van der Waals surface area contributed by atoms with Gasteiger partial charge in [0.2, 0.25) is 0 Å². The van der Waals surface area contributed by atoms with Gasteiger partial charge < -0.3 is 0 Å². The molecule has 0 bridgehead atoms. The van der Waals surface area contributed by atoms with Gasteiger partial charge in [0.25, 0.3) is 0 Å². The van der Waals surface area contributed by atoms with E-state index in [2.05, 4.69) is 6.04 Å². The average molecular weight is 91.1 g/mol. The Morgan fingerprint density at radius 3 is 2.43 bits per heavy atom. The maximum atomic E-state index is 7.72. The molecule has 0 unspecified atom stereocenters. The maximum absolute atomic E-state index is 7.72. The Bertz CT molecular complexity index is 170. The molecule has 0 fully saturated rings. The van der Waals surface area contributed by atoms with Crippen molar-refractivity contribution in [3.05, 3.63) is 0 Å². The van der Waals surface area contributed by atoms with Crippen LogP contribution in [0, 0.1) is 34.8 Å². The summed E-state index contributed by atoms with van der Waals surface area (Å²) in [5.41, 5.74) is 0. The molecule has 0 saturated heterocycles. The van der Waals surface area contributed by atoms with Crippen molar-refractivity contribution >= 4 is 0 Å². The Hall–Kier alpha value is -1.66. The van der Waals surface area contributed by atoms with Crippen molar-refractivity contribution in [2.75, 3.05) is 0 Å². The summed E-state index contributed by atoms with van der Waals surface area (Å²) in [6.07, 6.45) is 1.53. The summed E-state index contributed by atoms with van der Waals surface area (Å²) in [5.74, 6) is 1.97. The number of nitrogens with zero attached hydrogens (tertiary/aromatic N) is 2. The first-order chi connectivity index (χ1) is 3.41. The third-order valence-electron chi connectivity index (χ3n) is 0.237. The largest absolute Gasteiger partial charge is 0.250 e. The first kappa shape index (κ1) is 5.34. The highest BCUT2D eigenvalue weighted by molar-refractivity contribution is 5.16. The van der Waals surface area contributed by atoms with E-state index in [0.29, 0.717) is 0 Å². The van der Waals surface area contributed by atoms with Gasteiger partial charge in [-0.05, 0) is 0 Å². The number of rotatable bonds is 0. The highest BCUT2D eigenvalue weighted by Gasteiger charge is 1.56. The predicted molar refractivity (Wildman–Crippen MR) is 22.1 cm³/mol. The SMILES string of the molecule is N#CC#CNC#N. The minimum atomic E-state index is 1.53. The minimum Gasteiger partial charge on any atom is -0.250 e. The third-order valence-corrected chi connectivity index (χ3v) is 0.237. The van der Waals surface area contributed by atoms with Crippen LogP contribution in [0.15, 0.2) is 0 Å². The molecule has 3 heteroatoms. The number of nitrogens with one attached hydrogen (secondary N) is 1. The van der Waals surface area contributed by atoms with Crippen LogP contribution in [0.3, 0.4) is 0 Å². The summed E-state index contributed by atoms with van der Waals surface area (Å²) in [6, 6.07) is 3.59. The standard InChI is InChI=1S/C4HN3/c5-2-1-3-7-4-6/h7H. The summed E-state index contributed by atoms with van der Waals surface area (Å²) in [7, 11) is 0. The summed E-state index contributed by atoms with van der Waals surface area (Å²) in [4.78, 5) is 0. The monoisotopic (exact) mass is 91.0 g/mol. The molecule has 0 spiro atoms. The normalized spacial score (nSPS) is 3.71. The molecule has 7 heavy (non-hydrogen) atoms. The van der Waals surface area contributed by atoms with Crippen LogP contribution < -0.4 is 5.32 Å². The Morgan fingerprint density at radius 2 is 2.00 bits per heavy atom. The van der Waals surface area contributed by atoms with Gasteiger partial charge in [0.1, 0.15) is 0 Å². The van der Waals surface area contributed by atoms with Crippen molar-refractivity contribution in [2.24, 2.45) is 0 Å². The van der Waals surface area contributed by atoms with E-state index in [4.69, 9.17) is 10.5 Å². The van der Waals surface area contributed by atoms with Crippen LogP contribution in [0.25, 0.3) is 0 Å². The second kappa shape index (κ2) is 4.34. The Kier molecular flexibility index (Phi) is 3.31. The van der Waals surface area contributed by atoms with E-state index >= 15 is 0 Å². The summed E-state index contributed by atoms with van der Waals surface area (Å²) < 4.78 is 0. The van der Waals surface area contributed by atoms with Crippen LogP contribution >= 0.6 is 0 Å². The molecule has 1 N–H and O–H groups in total. The van der Waals surface area contributed by atoms with Crippen molar-refractivity contribution in [3.8, 4) is 24.2 Å². The van der Waals surface area contributed by atoms with Crippen LogP contribution in [0.5, 0.6) is 0 Å². The summed E-state index contributed by atoms with van der Waals surface area (Å²) in [6.45, 7) is 0. The van der Waals surface area contributed by atoms with Crippen LogP contribution in [-0.2, 0) is 0 Å². The molecule has 0 amide bonds. The van der Waals surface area contributed by atoms with Gasteiger partial charge in [-0.25, -0.2) is 0 Å². The molecular weight excluding hydrogens is 90.1 g/mol. The molecular formula is C4HN3. The first-order valence-corrected chi connectivity index (χ1v) is 1.45. The van der Waals surface area contributed by atoms with E-state index < -0.39 is 0 Å². The minimum absolute atomic E-state index is 1.53. The summed E-state index contributed by atoms with van der Waals surface area (Å²) >= 11 is 0. The molecule has 3 nitrogen and oxygen atoms in total. The molecule has 0 radical (unpaired) electrons. The lowest BCUT2D eigenvalue weighted by molar-refractivity contribution is 1.25. The van der Waals surface area contributed by atoms with E-state index in [-0.39, 0.29) is 0 Å². The zero-order chi connectivity index (χ0) is 5.54. The van der Waals surface area contributed by atoms with Gasteiger partial charge in [0, 0.05) is 12.0 Å². The fourth-order valence-electron chi connectivity index (χ4n) is 0.0872. The van der Waals surface area contributed by atoms with E-state index in [0.717, 1.165) is 0 Å². The second-order valence-electron chi connectivity index (χ2n) is 0.599. The highest BCUT2D eigenvalue weighted by Crippen LogP contribution is 1.41. The quantitative estimate of drug-likeness (QED) is 0.249. The van der Waals surface area contributed by atoms with Crippen molar-refractivity contribution < 1.29 is 0 Å². The van der Waals surface area contributed by atoms with Gasteiger partial charge in [0.05, 0.1) is 0 Å². The topological polar surface area (TPSA) is 59.6 Å². The molecule has 0 rings (SSSR count). The van der Waals surface area contributed by atoms with Gasteiger partial charge >= 0.3 is 0 Å². The molecule has 0 aliphatic heterocycles. The van der Waals surface area contributed by atoms with E-state index in [1.165, 1.54) is 12.3 Å². The van der Waals surface area contributed by atoms with E-state index in [1.807, 2.05) is 11.2 Å². The fraction of sp³-hybridized carbons (Fsp3) is 0. The van der Waals surface area contributed by atoms with Gasteiger partial charge in [-0.1, -0.05) is 0 Å². The smallest absolute Gasteiger partial charge is 0.189 e. The predicted octanol–water partition coefficient (Wildman–Crippen LogP) is -0.458. The van der Waals surface area contributed by atoms with E-state index in [1.54, 1.807) is 0 Å². The molecule has 0 atom stereocenters. The molecule has 0 heterocycles. The lowest BCUT2D eigenvalue weighted by Gasteiger charge is -1.63. The van der Waals surface area contributed by atoms with Crippen LogP contribution in [0.1, 0.15) is 0 Å². The molecule has 0 aromatic heterocycles. The molecule has 0 aromatic rings. The number of nitriles is 2. The Morgan fingerprint density at radius 1 is 1.29 bits per heavy atom. The van der Waals surface area contributed by atoms with Gasteiger partial charge in [0.15, 0.2) is 12.3 Å². The van der Waals surface area contributed by atoms with Crippen LogP contribution in [0.4, 0.5) is 0 Å². The molecule has 0 aromatic carbocycles. The van der Waals surface area contributed by atoms with Crippen molar-refractivity contribution in [1.29, 1.82) is 10.5 Å². The van der Waals surface area contributed by atoms with Crippen molar-refractivity contribution in [1.82, 2.24) is 5.32 Å². The average Bonchev–Trinajstić information content (AvgIpc) is 1.69. The highest BCUT2D eigenvalue weighted by atomic mass is 14.8. The van der Waals surface area contributed by atoms with Gasteiger partial charge in [-0.3, -0.25) is 5.32 Å². The lowest BCUT2D eigenvalue weighted by Crippen LogP contribution is -1.90. The Labute approximate surface area is 41.2 Å². The van der Waals surface area contributed by atoms with Crippen molar-refractivity contribution in [2.45, 2.75) is 0 Å². The second-order valence-corrected chi connectivity index (χ2v) is 0.599. The van der Waals surface area contributed by atoms with Gasteiger partial charge in [-0.15, -0.1) is 0 Å². The maximum Gasteiger partial charge on any atom is 0.189 e. The lowest BCUT2D eigenvalue weighted by atomic mass is 10.8. The van der Waals surface area contributed by atoms with Crippen molar-refractivity contribution in [3.63, 3.8) is 0 Å². The third kappa shape index (κ3) is 4.34. The summed E-state index contributed by atoms with van der Waals surface area (Å²) in [5, 5.41) is 17.4. The van der Waals surface area contributed by atoms with Gasteiger partial charge in [-0.2, -0.15) is 10.5 Å². The first-order valence-electron chi connectivity index (χ1n) is 1.45. The molecule has 32 valence electrons. The van der Waals surface area contributed by atoms with E-state index in [9.17, 15) is 0 Å². The zero-order valence-electron chi connectivity index (χ0n) is 3.39. The fourth-order valence-corrected chi connectivity index (χ4v) is 0.0872. The van der Waals surface area contributed by atoms with Crippen LogP contribution in [0.2, 0.25) is 0 Å².